The first-order valence-electron chi connectivity index (χ1n) is 5.39. The molecule has 0 bridgehead atoms. The SMILES string of the molecule is C#C/C(C)=C\CON1C(=O)c2ccccc2C1=O. The quantitative estimate of drug-likeness (QED) is 0.598. The van der Waals surface area contributed by atoms with Crippen LogP contribution in [0, 0.1) is 12.3 Å². The fraction of sp³-hybridized carbons (Fsp3) is 0.143. The number of nitrogens with zero attached hydrogens (tertiary/aromatic N) is 1. The van der Waals surface area contributed by atoms with E-state index in [4.69, 9.17) is 11.3 Å². The van der Waals surface area contributed by atoms with E-state index in [0.29, 0.717) is 16.7 Å². The summed E-state index contributed by atoms with van der Waals surface area (Å²) in [6.07, 6.45) is 6.80. The predicted molar refractivity (Wildman–Crippen MR) is 65.5 cm³/mol. The van der Waals surface area contributed by atoms with Crippen LogP contribution in [0.25, 0.3) is 0 Å². The van der Waals surface area contributed by atoms with Crippen LogP contribution in [-0.4, -0.2) is 23.5 Å². The number of terminal acetylenes is 1. The van der Waals surface area contributed by atoms with Gasteiger partial charge in [-0.1, -0.05) is 18.1 Å². The number of imide groups is 1. The first-order chi connectivity index (χ1) is 8.65. The van der Waals surface area contributed by atoms with Gasteiger partial charge in [0.05, 0.1) is 17.7 Å². The molecule has 0 unspecified atom stereocenters. The molecule has 0 saturated carbocycles. The molecule has 0 atom stereocenters. The minimum atomic E-state index is -0.442. The average Bonchev–Trinajstić information content (AvgIpc) is 2.64. The van der Waals surface area contributed by atoms with Crippen molar-refractivity contribution in [3.63, 3.8) is 0 Å². The highest BCUT2D eigenvalue weighted by Gasteiger charge is 2.36. The zero-order valence-corrected chi connectivity index (χ0v) is 9.84. The molecule has 2 rings (SSSR count). The van der Waals surface area contributed by atoms with Crippen LogP contribution in [0.1, 0.15) is 27.6 Å². The maximum Gasteiger partial charge on any atom is 0.285 e. The van der Waals surface area contributed by atoms with E-state index in [2.05, 4.69) is 5.92 Å². The molecule has 2 amide bonds. The van der Waals surface area contributed by atoms with Crippen molar-refractivity contribution in [1.29, 1.82) is 0 Å². The molecule has 90 valence electrons. The second-order valence-corrected chi connectivity index (χ2v) is 3.78. The Morgan fingerprint density at radius 2 is 1.89 bits per heavy atom. The number of amides is 2. The van der Waals surface area contributed by atoms with Crippen molar-refractivity contribution in [2.45, 2.75) is 6.92 Å². The maximum absolute atomic E-state index is 11.9. The first kappa shape index (κ1) is 12.1. The number of benzene rings is 1. The van der Waals surface area contributed by atoms with Crippen molar-refractivity contribution in [3.8, 4) is 12.3 Å². The van der Waals surface area contributed by atoms with Gasteiger partial charge in [0.25, 0.3) is 11.8 Å². The lowest BCUT2D eigenvalue weighted by atomic mass is 10.1. The molecule has 1 aromatic rings. The Balaban J connectivity index is 2.13. The van der Waals surface area contributed by atoms with E-state index in [1.807, 2.05) is 0 Å². The van der Waals surface area contributed by atoms with E-state index in [9.17, 15) is 9.59 Å². The van der Waals surface area contributed by atoms with Crippen LogP contribution in [0.15, 0.2) is 35.9 Å². The third kappa shape index (κ3) is 2.04. The molecule has 1 aromatic carbocycles. The molecule has 0 N–H and O–H groups in total. The maximum atomic E-state index is 11.9. The fourth-order valence-electron chi connectivity index (χ4n) is 1.58. The number of rotatable bonds is 3. The van der Waals surface area contributed by atoms with Crippen LogP contribution >= 0.6 is 0 Å². The number of hydrogen-bond donors (Lipinski definition) is 0. The minimum Gasteiger partial charge on any atom is -0.266 e. The Bertz CT molecular complexity index is 546. The molecular weight excluding hydrogens is 230 g/mol. The molecule has 4 heteroatoms. The number of hydroxylamine groups is 2. The lowest BCUT2D eigenvalue weighted by molar-refractivity contribution is -0.0802. The molecular formula is C14H11NO3. The minimum absolute atomic E-state index is 0.0848. The molecule has 18 heavy (non-hydrogen) atoms. The smallest absolute Gasteiger partial charge is 0.266 e. The van der Waals surface area contributed by atoms with Gasteiger partial charge in [0.2, 0.25) is 0 Å². The summed E-state index contributed by atoms with van der Waals surface area (Å²) in [6.45, 7) is 1.83. The second-order valence-electron chi connectivity index (χ2n) is 3.78. The standard InChI is InChI=1S/C14H11NO3/c1-3-10(2)8-9-18-15-13(16)11-6-4-5-7-12(11)14(15)17/h1,4-8H,9H2,2H3/b10-8-. The summed E-state index contributed by atoms with van der Waals surface area (Å²) in [5.41, 5.74) is 1.41. The Kier molecular flexibility index (Phi) is 3.26. The van der Waals surface area contributed by atoms with E-state index in [1.165, 1.54) is 0 Å². The van der Waals surface area contributed by atoms with Gasteiger partial charge < -0.3 is 0 Å². The zero-order chi connectivity index (χ0) is 13.1. The molecule has 1 heterocycles. The van der Waals surface area contributed by atoms with Crippen molar-refractivity contribution >= 4 is 11.8 Å². The van der Waals surface area contributed by atoms with Gasteiger partial charge in [0, 0.05) is 0 Å². The monoisotopic (exact) mass is 241 g/mol. The van der Waals surface area contributed by atoms with Gasteiger partial charge in [0.1, 0.15) is 0 Å². The van der Waals surface area contributed by atoms with E-state index in [0.717, 1.165) is 5.06 Å². The fourth-order valence-corrected chi connectivity index (χ4v) is 1.58. The van der Waals surface area contributed by atoms with Gasteiger partial charge in [-0.05, 0) is 30.7 Å². The summed E-state index contributed by atoms with van der Waals surface area (Å²) in [7, 11) is 0. The zero-order valence-electron chi connectivity index (χ0n) is 9.84. The predicted octanol–water partition coefficient (Wildman–Crippen LogP) is 1.79. The van der Waals surface area contributed by atoms with Gasteiger partial charge >= 0.3 is 0 Å². The Morgan fingerprint density at radius 3 is 2.39 bits per heavy atom. The highest BCUT2D eigenvalue weighted by molar-refractivity contribution is 6.20. The topological polar surface area (TPSA) is 46.6 Å². The number of allylic oxidation sites excluding steroid dienone is 1. The lowest BCUT2D eigenvalue weighted by Gasteiger charge is -2.11. The molecule has 4 nitrogen and oxygen atoms in total. The molecule has 1 aliphatic heterocycles. The van der Waals surface area contributed by atoms with E-state index in [-0.39, 0.29) is 6.61 Å². The van der Waals surface area contributed by atoms with Crippen LogP contribution < -0.4 is 0 Å². The van der Waals surface area contributed by atoms with Crippen LogP contribution in [0.5, 0.6) is 0 Å². The highest BCUT2D eigenvalue weighted by atomic mass is 16.7. The normalized spacial score (nSPS) is 14.7. The number of fused-ring (bicyclic) bond motifs is 1. The summed E-state index contributed by atoms with van der Waals surface area (Å²) in [6, 6.07) is 6.61. The van der Waals surface area contributed by atoms with Crippen molar-refractivity contribution < 1.29 is 14.4 Å². The van der Waals surface area contributed by atoms with Gasteiger partial charge in [-0.15, -0.1) is 11.5 Å². The molecule has 0 spiro atoms. The lowest BCUT2D eigenvalue weighted by Crippen LogP contribution is -2.30. The van der Waals surface area contributed by atoms with E-state index >= 15 is 0 Å². The molecule has 0 radical (unpaired) electrons. The van der Waals surface area contributed by atoms with Gasteiger partial charge in [-0.2, -0.15) is 0 Å². The third-order valence-electron chi connectivity index (χ3n) is 2.58. The Labute approximate surface area is 105 Å². The summed E-state index contributed by atoms with van der Waals surface area (Å²) in [5, 5.41) is 0.769. The van der Waals surface area contributed by atoms with Crippen molar-refractivity contribution in [1.82, 2.24) is 5.06 Å². The highest BCUT2D eigenvalue weighted by Crippen LogP contribution is 2.22. The second kappa shape index (κ2) is 4.86. The van der Waals surface area contributed by atoms with Crippen LogP contribution in [0.3, 0.4) is 0 Å². The van der Waals surface area contributed by atoms with Crippen molar-refractivity contribution in [2.75, 3.05) is 6.61 Å². The number of hydrogen-bond acceptors (Lipinski definition) is 3. The summed E-state index contributed by atoms with van der Waals surface area (Å²) in [4.78, 5) is 28.9. The van der Waals surface area contributed by atoms with Crippen LogP contribution in [0.4, 0.5) is 0 Å². The molecule has 0 aromatic heterocycles. The van der Waals surface area contributed by atoms with E-state index in [1.54, 1.807) is 37.3 Å². The number of carbonyl (C=O) groups excluding carboxylic acids is 2. The molecule has 1 aliphatic rings. The number of carbonyl (C=O) groups is 2. The third-order valence-corrected chi connectivity index (χ3v) is 2.58. The summed E-state index contributed by atoms with van der Waals surface area (Å²) < 4.78 is 0. The molecule has 0 aliphatic carbocycles. The van der Waals surface area contributed by atoms with Gasteiger partial charge in [-0.25, -0.2) is 0 Å². The van der Waals surface area contributed by atoms with Crippen molar-refractivity contribution in [3.05, 3.63) is 47.0 Å². The average molecular weight is 241 g/mol. The summed E-state index contributed by atoms with van der Waals surface area (Å²) in [5.74, 6) is 1.54. The largest absolute Gasteiger partial charge is 0.285 e. The molecule has 0 fully saturated rings. The van der Waals surface area contributed by atoms with Gasteiger partial charge in [-0.3, -0.25) is 14.4 Å². The van der Waals surface area contributed by atoms with Crippen LogP contribution in [-0.2, 0) is 4.84 Å². The van der Waals surface area contributed by atoms with Crippen LogP contribution in [0.2, 0.25) is 0 Å². The molecule has 0 saturated heterocycles. The van der Waals surface area contributed by atoms with Crippen molar-refractivity contribution in [2.24, 2.45) is 0 Å². The van der Waals surface area contributed by atoms with E-state index < -0.39 is 11.8 Å². The Hall–Kier alpha value is -2.38. The summed E-state index contributed by atoms with van der Waals surface area (Å²) >= 11 is 0. The Morgan fingerprint density at radius 1 is 1.33 bits per heavy atom. The van der Waals surface area contributed by atoms with Gasteiger partial charge in [0.15, 0.2) is 0 Å². The first-order valence-corrected chi connectivity index (χ1v) is 5.39.